The molecule has 0 spiro atoms. The summed E-state index contributed by atoms with van der Waals surface area (Å²) in [6.07, 6.45) is 0. The summed E-state index contributed by atoms with van der Waals surface area (Å²) in [4.78, 5) is 2.38. The molecule has 1 aromatic carbocycles. The second-order valence-electron chi connectivity index (χ2n) is 6.31. The summed E-state index contributed by atoms with van der Waals surface area (Å²) in [5.41, 5.74) is 8.38. The van der Waals surface area contributed by atoms with Gasteiger partial charge in [-0.3, -0.25) is 4.90 Å². The topological polar surface area (TPSA) is 38.5 Å². The highest BCUT2D eigenvalue weighted by molar-refractivity contribution is 5.37. The largest absolute Gasteiger partial charge is 0.496 e. The van der Waals surface area contributed by atoms with Gasteiger partial charge in [0.15, 0.2) is 0 Å². The molecule has 0 amide bonds. The quantitative estimate of drug-likeness (QED) is 0.888. The third kappa shape index (κ3) is 4.22. The molecule has 0 bridgehead atoms. The minimum Gasteiger partial charge on any atom is -0.496 e. The molecule has 108 valence electrons. The summed E-state index contributed by atoms with van der Waals surface area (Å²) in [6, 6.07) is 6.78. The maximum absolute atomic E-state index is 5.76. The monoisotopic (exact) mass is 264 g/mol. The Kier molecular flexibility index (Phi) is 5.39. The lowest BCUT2D eigenvalue weighted by molar-refractivity contribution is 0.134. The van der Waals surface area contributed by atoms with Crippen LogP contribution in [0.2, 0.25) is 0 Å². The summed E-state index contributed by atoms with van der Waals surface area (Å²) < 4.78 is 5.30. The molecular weight excluding hydrogens is 236 g/mol. The third-order valence-corrected chi connectivity index (χ3v) is 3.91. The van der Waals surface area contributed by atoms with Gasteiger partial charge in [-0.15, -0.1) is 0 Å². The highest BCUT2D eigenvalue weighted by atomic mass is 16.5. The Balaban J connectivity index is 2.83. The molecule has 19 heavy (non-hydrogen) atoms. The Labute approximate surface area is 117 Å². The van der Waals surface area contributed by atoms with Crippen molar-refractivity contribution in [3.05, 3.63) is 29.3 Å². The van der Waals surface area contributed by atoms with E-state index in [0.717, 1.165) is 17.9 Å². The van der Waals surface area contributed by atoms with Crippen LogP contribution in [0.15, 0.2) is 18.2 Å². The molecule has 1 unspecified atom stereocenters. The molecule has 1 aromatic rings. The van der Waals surface area contributed by atoms with Crippen LogP contribution in [0.4, 0.5) is 0 Å². The van der Waals surface area contributed by atoms with E-state index in [1.807, 2.05) is 6.07 Å². The zero-order chi connectivity index (χ0) is 14.6. The lowest BCUT2D eigenvalue weighted by Crippen LogP contribution is -2.38. The van der Waals surface area contributed by atoms with Gasteiger partial charge in [0.05, 0.1) is 7.11 Å². The lowest BCUT2D eigenvalue weighted by atomic mass is 9.87. The van der Waals surface area contributed by atoms with Crippen molar-refractivity contribution in [2.75, 3.05) is 14.2 Å². The van der Waals surface area contributed by atoms with Gasteiger partial charge in [0, 0.05) is 24.7 Å². The van der Waals surface area contributed by atoms with E-state index in [0.29, 0.717) is 12.6 Å². The smallest absolute Gasteiger partial charge is 0.123 e. The molecule has 0 aromatic heterocycles. The highest BCUT2D eigenvalue weighted by Gasteiger charge is 2.23. The van der Waals surface area contributed by atoms with Gasteiger partial charge in [0.1, 0.15) is 5.75 Å². The molecule has 0 heterocycles. The molecule has 1 atom stereocenters. The highest BCUT2D eigenvalue weighted by Crippen LogP contribution is 2.25. The van der Waals surface area contributed by atoms with Gasteiger partial charge in [-0.1, -0.05) is 26.8 Å². The van der Waals surface area contributed by atoms with E-state index < -0.39 is 0 Å². The third-order valence-electron chi connectivity index (χ3n) is 3.91. The van der Waals surface area contributed by atoms with Crippen molar-refractivity contribution in [3.63, 3.8) is 0 Å². The Bertz CT molecular complexity index is 410. The SMILES string of the molecule is COc1ccc(CN(C)C(C)C(C)(C)C)cc1CN. The molecule has 0 saturated heterocycles. The fourth-order valence-corrected chi connectivity index (χ4v) is 2.18. The van der Waals surface area contributed by atoms with Crippen molar-refractivity contribution >= 4 is 0 Å². The first kappa shape index (κ1) is 16.0. The zero-order valence-electron chi connectivity index (χ0n) is 13.2. The van der Waals surface area contributed by atoms with Crippen LogP contribution in [0.25, 0.3) is 0 Å². The van der Waals surface area contributed by atoms with E-state index in [9.17, 15) is 0 Å². The first-order valence-electron chi connectivity index (χ1n) is 6.85. The van der Waals surface area contributed by atoms with E-state index in [-0.39, 0.29) is 5.41 Å². The summed E-state index contributed by atoms with van der Waals surface area (Å²) >= 11 is 0. The number of methoxy groups -OCH3 is 1. The maximum Gasteiger partial charge on any atom is 0.123 e. The fourth-order valence-electron chi connectivity index (χ4n) is 2.18. The molecule has 1 rings (SSSR count). The standard InChI is InChI=1S/C16H28N2O/c1-12(16(2,3)4)18(5)11-13-7-8-15(19-6)14(9-13)10-17/h7-9,12H,10-11,17H2,1-6H3. The van der Waals surface area contributed by atoms with E-state index in [1.54, 1.807) is 7.11 Å². The Hall–Kier alpha value is -1.06. The van der Waals surface area contributed by atoms with E-state index in [4.69, 9.17) is 10.5 Å². The number of ether oxygens (including phenoxy) is 1. The summed E-state index contributed by atoms with van der Waals surface area (Å²) in [7, 11) is 3.85. The number of nitrogens with zero attached hydrogens (tertiary/aromatic N) is 1. The van der Waals surface area contributed by atoms with Crippen molar-refractivity contribution in [2.24, 2.45) is 11.1 Å². The van der Waals surface area contributed by atoms with Crippen LogP contribution in [0.3, 0.4) is 0 Å². The van der Waals surface area contributed by atoms with Crippen molar-refractivity contribution < 1.29 is 4.74 Å². The second-order valence-corrected chi connectivity index (χ2v) is 6.31. The number of benzene rings is 1. The van der Waals surface area contributed by atoms with Crippen LogP contribution in [-0.4, -0.2) is 25.1 Å². The van der Waals surface area contributed by atoms with Gasteiger partial charge in [0.2, 0.25) is 0 Å². The van der Waals surface area contributed by atoms with Gasteiger partial charge in [0.25, 0.3) is 0 Å². The number of hydrogen-bond donors (Lipinski definition) is 1. The average Bonchev–Trinajstić information content (AvgIpc) is 2.36. The van der Waals surface area contributed by atoms with Gasteiger partial charge in [-0.25, -0.2) is 0 Å². The molecule has 0 fully saturated rings. The second kappa shape index (κ2) is 6.40. The first-order valence-corrected chi connectivity index (χ1v) is 6.85. The number of hydrogen-bond acceptors (Lipinski definition) is 3. The Morgan fingerprint density at radius 2 is 1.95 bits per heavy atom. The van der Waals surface area contributed by atoms with Gasteiger partial charge < -0.3 is 10.5 Å². The minimum atomic E-state index is 0.276. The van der Waals surface area contributed by atoms with E-state index in [1.165, 1.54) is 5.56 Å². The minimum absolute atomic E-state index is 0.276. The fraction of sp³-hybridized carbons (Fsp3) is 0.625. The van der Waals surface area contributed by atoms with Crippen molar-refractivity contribution in [1.82, 2.24) is 4.90 Å². The zero-order valence-corrected chi connectivity index (χ0v) is 13.2. The molecule has 0 radical (unpaired) electrons. The van der Waals surface area contributed by atoms with Crippen LogP contribution < -0.4 is 10.5 Å². The Morgan fingerprint density at radius 1 is 1.32 bits per heavy atom. The van der Waals surface area contributed by atoms with Crippen LogP contribution in [0.1, 0.15) is 38.8 Å². The molecule has 2 N–H and O–H groups in total. The van der Waals surface area contributed by atoms with Gasteiger partial charge in [-0.05, 0) is 37.1 Å². The molecule has 0 aliphatic rings. The number of rotatable bonds is 5. The summed E-state index contributed by atoms with van der Waals surface area (Å²) in [5, 5.41) is 0. The summed E-state index contributed by atoms with van der Waals surface area (Å²) in [6.45, 7) is 10.5. The van der Waals surface area contributed by atoms with Crippen LogP contribution in [0.5, 0.6) is 5.75 Å². The maximum atomic E-state index is 5.76. The molecule has 0 aliphatic heterocycles. The van der Waals surface area contributed by atoms with Crippen molar-refractivity contribution in [2.45, 2.75) is 46.8 Å². The van der Waals surface area contributed by atoms with Crippen molar-refractivity contribution in [3.8, 4) is 5.75 Å². The van der Waals surface area contributed by atoms with Gasteiger partial charge >= 0.3 is 0 Å². The molecule has 0 aliphatic carbocycles. The van der Waals surface area contributed by atoms with Crippen LogP contribution >= 0.6 is 0 Å². The lowest BCUT2D eigenvalue weighted by Gasteiger charge is -2.35. The van der Waals surface area contributed by atoms with E-state index >= 15 is 0 Å². The first-order chi connectivity index (χ1) is 8.79. The van der Waals surface area contributed by atoms with Gasteiger partial charge in [-0.2, -0.15) is 0 Å². The van der Waals surface area contributed by atoms with Crippen LogP contribution in [-0.2, 0) is 13.1 Å². The molecule has 0 saturated carbocycles. The number of nitrogens with two attached hydrogens (primary N) is 1. The van der Waals surface area contributed by atoms with Crippen molar-refractivity contribution in [1.29, 1.82) is 0 Å². The molecular formula is C16H28N2O. The van der Waals surface area contributed by atoms with E-state index in [2.05, 4.69) is 51.8 Å². The van der Waals surface area contributed by atoms with Crippen LogP contribution in [0, 0.1) is 5.41 Å². The predicted octanol–water partition coefficient (Wildman–Crippen LogP) is 3.02. The summed E-state index contributed by atoms with van der Waals surface area (Å²) in [5.74, 6) is 0.873. The molecule has 3 nitrogen and oxygen atoms in total. The predicted molar refractivity (Wildman–Crippen MR) is 81.3 cm³/mol. The molecule has 3 heteroatoms. The average molecular weight is 264 g/mol. The normalized spacial score (nSPS) is 13.7. The Morgan fingerprint density at radius 3 is 2.42 bits per heavy atom.